The molecule has 2 amide bonds. The summed E-state index contributed by atoms with van der Waals surface area (Å²) in [5.41, 5.74) is 1.55. The molecule has 0 aromatic heterocycles. The molecule has 3 rings (SSSR count). The van der Waals surface area contributed by atoms with Crippen LogP contribution in [-0.2, 0) is 9.59 Å². The number of amides is 2. The molecule has 2 saturated heterocycles. The monoisotopic (exact) mass is 315 g/mol. The second kappa shape index (κ2) is 7.13. The first-order chi connectivity index (χ1) is 11.1. The summed E-state index contributed by atoms with van der Waals surface area (Å²) in [5.74, 6) is 0.134. The van der Waals surface area contributed by atoms with Crippen molar-refractivity contribution in [3.63, 3.8) is 0 Å². The van der Waals surface area contributed by atoms with E-state index in [-0.39, 0.29) is 11.8 Å². The van der Waals surface area contributed by atoms with Gasteiger partial charge in [0.25, 0.3) is 0 Å². The maximum absolute atomic E-state index is 12.4. The van der Waals surface area contributed by atoms with Crippen LogP contribution in [0.2, 0.25) is 0 Å². The summed E-state index contributed by atoms with van der Waals surface area (Å²) in [7, 11) is 0. The molecule has 2 aliphatic rings. The van der Waals surface area contributed by atoms with Crippen LogP contribution in [0.4, 0.5) is 11.4 Å². The van der Waals surface area contributed by atoms with E-state index in [1.807, 2.05) is 24.3 Å². The zero-order chi connectivity index (χ0) is 16.2. The minimum atomic E-state index is -0.00199. The largest absolute Gasteiger partial charge is 0.323 e. The summed E-state index contributed by atoms with van der Waals surface area (Å²) in [6, 6.07) is 8.04. The Bertz CT molecular complexity index is 587. The molecule has 0 saturated carbocycles. The molecule has 2 fully saturated rings. The molecule has 0 radical (unpaired) electrons. The quantitative estimate of drug-likeness (QED) is 0.929. The van der Waals surface area contributed by atoms with Crippen molar-refractivity contribution in [3.8, 4) is 0 Å². The number of carbonyl (C=O) groups is 2. The maximum atomic E-state index is 12.4. The molecule has 1 unspecified atom stereocenters. The Morgan fingerprint density at radius 2 is 2.04 bits per heavy atom. The van der Waals surface area contributed by atoms with Crippen LogP contribution in [0.25, 0.3) is 0 Å². The maximum Gasteiger partial charge on any atom is 0.238 e. The Balaban J connectivity index is 1.67. The summed E-state index contributed by atoms with van der Waals surface area (Å²) in [6.07, 6.45) is 5.04. The highest BCUT2D eigenvalue weighted by Crippen LogP contribution is 2.29. The van der Waals surface area contributed by atoms with E-state index < -0.39 is 0 Å². The van der Waals surface area contributed by atoms with Crippen LogP contribution in [0.1, 0.15) is 39.0 Å². The van der Waals surface area contributed by atoms with Gasteiger partial charge in [0, 0.05) is 19.0 Å². The number of rotatable bonds is 4. The van der Waals surface area contributed by atoms with Crippen LogP contribution in [0, 0.1) is 0 Å². The predicted octanol–water partition coefficient (Wildman–Crippen LogP) is 2.63. The molecular weight excluding hydrogens is 290 g/mol. The normalized spacial score (nSPS) is 22.4. The van der Waals surface area contributed by atoms with E-state index >= 15 is 0 Å². The molecule has 5 heteroatoms. The Morgan fingerprint density at radius 3 is 2.78 bits per heavy atom. The Kier molecular flexibility index (Phi) is 4.96. The summed E-state index contributed by atoms with van der Waals surface area (Å²) in [4.78, 5) is 28.4. The summed E-state index contributed by atoms with van der Waals surface area (Å²) in [5, 5.41) is 3.00. The molecule has 1 N–H and O–H groups in total. The average molecular weight is 315 g/mol. The summed E-state index contributed by atoms with van der Waals surface area (Å²) in [6.45, 7) is 4.32. The lowest BCUT2D eigenvalue weighted by molar-refractivity contribution is -0.118. The number of likely N-dealkylation sites (tertiary alicyclic amines) is 1. The van der Waals surface area contributed by atoms with Gasteiger partial charge in [-0.15, -0.1) is 0 Å². The van der Waals surface area contributed by atoms with Gasteiger partial charge >= 0.3 is 0 Å². The molecule has 23 heavy (non-hydrogen) atoms. The van der Waals surface area contributed by atoms with Crippen molar-refractivity contribution in [2.45, 2.75) is 45.1 Å². The van der Waals surface area contributed by atoms with E-state index in [0.717, 1.165) is 43.7 Å². The molecule has 5 nitrogen and oxygen atoms in total. The number of para-hydroxylation sites is 2. The highest BCUT2D eigenvalue weighted by Gasteiger charge is 2.25. The van der Waals surface area contributed by atoms with Gasteiger partial charge in [-0.1, -0.05) is 18.6 Å². The van der Waals surface area contributed by atoms with Crippen LogP contribution in [0.5, 0.6) is 0 Å². The summed E-state index contributed by atoms with van der Waals surface area (Å²) >= 11 is 0. The van der Waals surface area contributed by atoms with Gasteiger partial charge in [-0.25, -0.2) is 0 Å². The Labute approximate surface area is 137 Å². The van der Waals surface area contributed by atoms with Gasteiger partial charge in [-0.3, -0.25) is 14.5 Å². The van der Waals surface area contributed by atoms with Gasteiger partial charge in [0.15, 0.2) is 0 Å². The average Bonchev–Trinajstić information content (AvgIpc) is 2.96. The highest BCUT2D eigenvalue weighted by atomic mass is 16.2. The van der Waals surface area contributed by atoms with Crippen molar-refractivity contribution in [2.75, 3.05) is 29.9 Å². The third-order valence-corrected chi connectivity index (χ3v) is 4.83. The SMILES string of the molecule is CC1CCCCN1CC(=O)Nc1ccccc1N1CCCC1=O. The smallest absolute Gasteiger partial charge is 0.238 e. The van der Waals surface area contributed by atoms with Crippen molar-refractivity contribution in [1.82, 2.24) is 4.90 Å². The van der Waals surface area contributed by atoms with Crippen LogP contribution in [0.3, 0.4) is 0 Å². The molecule has 1 aromatic carbocycles. The van der Waals surface area contributed by atoms with Crippen LogP contribution < -0.4 is 10.2 Å². The molecule has 0 aliphatic carbocycles. The molecule has 1 atom stereocenters. The zero-order valence-corrected chi connectivity index (χ0v) is 13.8. The van der Waals surface area contributed by atoms with Gasteiger partial charge in [0.2, 0.25) is 11.8 Å². The number of hydrogen-bond acceptors (Lipinski definition) is 3. The number of hydrogen-bond donors (Lipinski definition) is 1. The third kappa shape index (κ3) is 3.72. The minimum absolute atomic E-state index is 0.00199. The highest BCUT2D eigenvalue weighted by molar-refractivity contribution is 6.02. The van der Waals surface area contributed by atoms with Crippen molar-refractivity contribution in [3.05, 3.63) is 24.3 Å². The van der Waals surface area contributed by atoms with Gasteiger partial charge < -0.3 is 10.2 Å². The van der Waals surface area contributed by atoms with Crippen molar-refractivity contribution < 1.29 is 9.59 Å². The lowest BCUT2D eigenvalue weighted by atomic mass is 10.0. The summed E-state index contributed by atoms with van der Waals surface area (Å²) < 4.78 is 0. The van der Waals surface area contributed by atoms with Crippen molar-refractivity contribution >= 4 is 23.2 Å². The van der Waals surface area contributed by atoms with Crippen LogP contribution >= 0.6 is 0 Å². The Hall–Kier alpha value is -1.88. The molecule has 2 heterocycles. The number of anilines is 2. The first kappa shape index (κ1) is 16.0. The molecular formula is C18H25N3O2. The van der Waals surface area contributed by atoms with Gasteiger partial charge in [0.1, 0.15) is 0 Å². The van der Waals surface area contributed by atoms with E-state index in [2.05, 4.69) is 17.1 Å². The van der Waals surface area contributed by atoms with E-state index in [4.69, 9.17) is 0 Å². The third-order valence-electron chi connectivity index (χ3n) is 4.83. The fourth-order valence-electron chi connectivity index (χ4n) is 3.48. The Morgan fingerprint density at radius 1 is 1.22 bits per heavy atom. The van der Waals surface area contributed by atoms with E-state index in [0.29, 0.717) is 19.0 Å². The number of piperidine rings is 1. The number of nitrogens with zero attached hydrogens (tertiary/aromatic N) is 2. The fraction of sp³-hybridized carbons (Fsp3) is 0.556. The number of nitrogens with one attached hydrogen (secondary N) is 1. The molecule has 2 aliphatic heterocycles. The molecule has 0 bridgehead atoms. The van der Waals surface area contributed by atoms with E-state index in [9.17, 15) is 9.59 Å². The van der Waals surface area contributed by atoms with E-state index in [1.165, 1.54) is 6.42 Å². The first-order valence-electron chi connectivity index (χ1n) is 8.58. The minimum Gasteiger partial charge on any atom is -0.323 e. The van der Waals surface area contributed by atoms with Gasteiger partial charge in [-0.2, -0.15) is 0 Å². The lowest BCUT2D eigenvalue weighted by Crippen LogP contribution is -2.42. The first-order valence-corrected chi connectivity index (χ1v) is 8.58. The molecule has 124 valence electrons. The fourth-order valence-corrected chi connectivity index (χ4v) is 3.48. The lowest BCUT2D eigenvalue weighted by Gasteiger charge is -2.32. The van der Waals surface area contributed by atoms with Crippen LogP contribution in [-0.4, -0.2) is 42.4 Å². The number of benzene rings is 1. The topological polar surface area (TPSA) is 52.7 Å². The van der Waals surface area contributed by atoms with Crippen molar-refractivity contribution in [2.24, 2.45) is 0 Å². The van der Waals surface area contributed by atoms with Gasteiger partial charge in [0.05, 0.1) is 17.9 Å². The number of carbonyl (C=O) groups excluding carboxylic acids is 2. The predicted molar refractivity (Wildman–Crippen MR) is 91.5 cm³/mol. The standard InChI is InChI=1S/C18H25N3O2/c1-14-7-4-5-11-20(14)13-17(22)19-15-8-2-3-9-16(15)21-12-6-10-18(21)23/h2-3,8-9,14H,4-7,10-13H2,1H3,(H,19,22). The van der Waals surface area contributed by atoms with E-state index in [1.54, 1.807) is 4.90 Å². The van der Waals surface area contributed by atoms with Crippen molar-refractivity contribution in [1.29, 1.82) is 0 Å². The van der Waals surface area contributed by atoms with Crippen LogP contribution in [0.15, 0.2) is 24.3 Å². The zero-order valence-electron chi connectivity index (χ0n) is 13.8. The second-order valence-electron chi connectivity index (χ2n) is 6.53. The molecule has 0 spiro atoms. The second-order valence-corrected chi connectivity index (χ2v) is 6.53. The molecule has 1 aromatic rings. The van der Waals surface area contributed by atoms with Gasteiger partial charge in [-0.05, 0) is 44.9 Å².